The van der Waals surface area contributed by atoms with E-state index in [4.69, 9.17) is 4.74 Å². The van der Waals surface area contributed by atoms with Crippen molar-refractivity contribution in [1.82, 2.24) is 10.2 Å². The van der Waals surface area contributed by atoms with E-state index in [1.165, 1.54) is 4.90 Å². The van der Waals surface area contributed by atoms with Gasteiger partial charge in [0.05, 0.1) is 0 Å². The van der Waals surface area contributed by atoms with Gasteiger partial charge in [0, 0.05) is 31.5 Å². The largest absolute Gasteiger partial charge is 0.481 e. The molecule has 0 spiro atoms. The number of alkyl carbamates (subject to hydrolysis) is 1. The Morgan fingerprint density at radius 2 is 1.69 bits per heavy atom. The van der Waals surface area contributed by atoms with Gasteiger partial charge in [0.2, 0.25) is 5.91 Å². The Balaban J connectivity index is 1.34. The number of amides is 2. The van der Waals surface area contributed by atoms with Crippen molar-refractivity contribution in [1.29, 1.82) is 0 Å². The maximum absolute atomic E-state index is 12.8. The van der Waals surface area contributed by atoms with Crippen LogP contribution in [0.15, 0.2) is 61.2 Å². The Morgan fingerprint density at radius 3 is 2.20 bits per heavy atom. The molecule has 1 aliphatic carbocycles. The molecule has 2 aromatic carbocycles. The van der Waals surface area contributed by atoms with Gasteiger partial charge in [-0.05, 0) is 34.6 Å². The molecule has 1 saturated heterocycles. The van der Waals surface area contributed by atoms with Crippen molar-refractivity contribution in [2.24, 2.45) is 11.3 Å². The van der Waals surface area contributed by atoms with Gasteiger partial charge in [0.15, 0.2) is 0 Å². The molecule has 184 valence electrons. The van der Waals surface area contributed by atoms with E-state index in [0.717, 1.165) is 22.3 Å². The fourth-order valence-corrected chi connectivity index (χ4v) is 5.05. The Kier molecular flexibility index (Phi) is 6.96. The number of allylic oxidation sites excluding steroid dienone is 1. The number of hydrogen-bond donors (Lipinski definition) is 2. The van der Waals surface area contributed by atoms with E-state index in [0.29, 0.717) is 6.42 Å². The maximum atomic E-state index is 12.8. The van der Waals surface area contributed by atoms with Crippen molar-refractivity contribution < 1.29 is 24.2 Å². The van der Waals surface area contributed by atoms with E-state index < -0.39 is 23.5 Å². The average molecular weight is 477 g/mol. The number of carboxylic acids is 1. The van der Waals surface area contributed by atoms with Crippen LogP contribution in [-0.2, 0) is 14.3 Å². The third-order valence-electron chi connectivity index (χ3n) is 7.17. The zero-order valence-electron chi connectivity index (χ0n) is 20.2. The number of nitrogens with zero attached hydrogens (tertiary/aromatic N) is 1. The molecule has 35 heavy (non-hydrogen) atoms. The third kappa shape index (κ3) is 4.81. The van der Waals surface area contributed by atoms with Crippen LogP contribution in [-0.4, -0.2) is 53.7 Å². The van der Waals surface area contributed by atoms with Gasteiger partial charge in [-0.15, -0.1) is 6.58 Å². The molecule has 7 heteroatoms. The molecule has 0 aromatic heterocycles. The number of hydrogen-bond acceptors (Lipinski definition) is 4. The number of carboxylic acid groups (broad SMARTS) is 1. The van der Waals surface area contributed by atoms with Crippen LogP contribution in [0.5, 0.6) is 0 Å². The van der Waals surface area contributed by atoms with E-state index in [9.17, 15) is 19.5 Å². The summed E-state index contributed by atoms with van der Waals surface area (Å²) in [4.78, 5) is 38.6. The van der Waals surface area contributed by atoms with Crippen LogP contribution in [0.4, 0.5) is 4.79 Å². The lowest BCUT2D eigenvalue weighted by Gasteiger charge is -2.47. The van der Waals surface area contributed by atoms with Crippen LogP contribution in [0.3, 0.4) is 0 Å². The standard InChI is InChI=1S/C28H32N2O5/c1-4-13-28(26(32)33)16-30(17-28)25(31)14-24(18(2)3)29-27(34)35-15-23-21-11-7-5-9-19(21)20-10-6-8-12-22(20)23/h4-12,18,23-24H,1,13-17H2,2-3H3,(H,29,34)(H,32,33)/t24-/m1/s1. The van der Waals surface area contributed by atoms with Gasteiger partial charge < -0.3 is 20.1 Å². The van der Waals surface area contributed by atoms with Crippen LogP contribution in [0.2, 0.25) is 0 Å². The highest BCUT2D eigenvalue weighted by molar-refractivity contribution is 5.84. The van der Waals surface area contributed by atoms with Crippen LogP contribution < -0.4 is 5.32 Å². The molecule has 1 aliphatic heterocycles. The van der Waals surface area contributed by atoms with Gasteiger partial charge in [-0.2, -0.15) is 0 Å². The molecule has 2 aromatic rings. The molecule has 0 bridgehead atoms. The number of rotatable bonds is 9. The van der Waals surface area contributed by atoms with Crippen molar-refractivity contribution in [2.45, 2.75) is 38.6 Å². The van der Waals surface area contributed by atoms with Crippen molar-refractivity contribution >= 4 is 18.0 Å². The van der Waals surface area contributed by atoms with E-state index in [1.807, 2.05) is 38.1 Å². The first-order valence-corrected chi connectivity index (χ1v) is 12.0. The molecule has 4 rings (SSSR count). The molecule has 2 N–H and O–H groups in total. The minimum absolute atomic E-state index is 0.00175. The fourth-order valence-electron chi connectivity index (χ4n) is 5.05. The highest BCUT2D eigenvalue weighted by Crippen LogP contribution is 2.44. The van der Waals surface area contributed by atoms with Crippen LogP contribution in [0, 0.1) is 11.3 Å². The molecule has 1 heterocycles. The van der Waals surface area contributed by atoms with Gasteiger partial charge in [0.25, 0.3) is 0 Å². The first-order chi connectivity index (χ1) is 16.8. The lowest BCUT2D eigenvalue weighted by atomic mass is 9.76. The second-order valence-corrected chi connectivity index (χ2v) is 9.85. The number of nitrogens with one attached hydrogen (secondary N) is 1. The number of carbonyl (C=O) groups excluding carboxylic acids is 2. The summed E-state index contributed by atoms with van der Waals surface area (Å²) in [5, 5.41) is 12.4. The number of fused-ring (bicyclic) bond motifs is 3. The van der Waals surface area contributed by atoms with E-state index >= 15 is 0 Å². The Hall–Kier alpha value is -3.61. The van der Waals surface area contributed by atoms with Gasteiger partial charge in [-0.1, -0.05) is 68.5 Å². The minimum atomic E-state index is -0.953. The molecule has 0 unspecified atom stereocenters. The number of carbonyl (C=O) groups is 3. The Bertz CT molecular complexity index is 1090. The molecule has 2 aliphatic rings. The summed E-state index contributed by atoms with van der Waals surface area (Å²) < 4.78 is 5.64. The summed E-state index contributed by atoms with van der Waals surface area (Å²) >= 11 is 0. The zero-order valence-corrected chi connectivity index (χ0v) is 20.2. The fraction of sp³-hybridized carbons (Fsp3) is 0.393. The quantitative estimate of drug-likeness (QED) is 0.522. The summed E-state index contributed by atoms with van der Waals surface area (Å²) in [5.74, 6) is -1.14. The predicted octanol–water partition coefficient (Wildman–Crippen LogP) is 4.43. The van der Waals surface area contributed by atoms with Crippen LogP contribution >= 0.6 is 0 Å². The van der Waals surface area contributed by atoms with Crippen molar-refractivity contribution in [3.63, 3.8) is 0 Å². The molecule has 0 saturated carbocycles. The molecule has 2 amide bonds. The molecule has 0 radical (unpaired) electrons. The van der Waals surface area contributed by atoms with Crippen LogP contribution in [0.1, 0.15) is 43.7 Å². The highest BCUT2D eigenvalue weighted by atomic mass is 16.5. The first kappa shape index (κ1) is 24.5. The molecule has 1 fully saturated rings. The summed E-state index contributed by atoms with van der Waals surface area (Å²) in [6.45, 7) is 8.00. The number of aliphatic carboxylic acids is 1. The first-order valence-electron chi connectivity index (χ1n) is 12.0. The number of benzene rings is 2. The Labute approximate surface area is 205 Å². The monoisotopic (exact) mass is 476 g/mol. The molecular weight excluding hydrogens is 444 g/mol. The third-order valence-corrected chi connectivity index (χ3v) is 7.17. The lowest BCUT2D eigenvalue weighted by Crippen LogP contribution is -2.62. The van der Waals surface area contributed by atoms with E-state index in [2.05, 4.69) is 36.2 Å². The van der Waals surface area contributed by atoms with Gasteiger partial charge >= 0.3 is 12.1 Å². The summed E-state index contributed by atoms with van der Waals surface area (Å²) in [6.07, 6.45) is 1.42. The van der Waals surface area contributed by atoms with Gasteiger partial charge in [0.1, 0.15) is 12.0 Å². The SMILES string of the molecule is C=CCC1(C(=O)O)CN(C(=O)C[C@@H](NC(=O)OCC2c3ccccc3-c3ccccc32)C(C)C)C1. The van der Waals surface area contributed by atoms with Crippen molar-refractivity contribution in [3.05, 3.63) is 72.3 Å². The summed E-state index contributed by atoms with van der Waals surface area (Å²) in [6, 6.07) is 15.9. The van der Waals surface area contributed by atoms with Crippen molar-refractivity contribution in [2.75, 3.05) is 19.7 Å². The normalized spacial score (nSPS) is 16.6. The number of ether oxygens (including phenoxy) is 1. The van der Waals surface area contributed by atoms with E-state index in [1.54, 1.807) is 6.08 Å². The molecule has 7 nitrogen and oxygen atoms in total. The van der Waals surface area contributed by atoms with Gasteiger partial charge in [-0.3, -0.25) is 9.59 Å². The number of likely N-dealkylation sites (tertiary alicyclic amines) is 1. The second kappa shape index (κ2) is 9.94. The minimum Gasteiger partial charge on any atom is -0.481 e. The smallest absolute Gasteiger partial charge is 0.407 e. The summed E-state index contributed by atoms with van der Waals surface area (Å²) in [5.41, 5.74) is 3.63. The predicted molar refractivity (Wildman–Crippen MR) is 133 cm³/mol. The maximum Gasteiger partial charge on any atom is 0.407 e. The van der Waals surface area contributed by atoms with E-state index in [-0.39, 0.29) is 43.9 Å². The topological polar surface area (TPSA) is 95.9 Å². The van der Waals surface area contributed by atoms with Gasteiger partial charge in [-0.25, -0.2) is 4.79 Å². The van der Waals surface area contributed by atoms with Crippen LogP contribution in [0.25, 0.3) is 11.1 Å². The zero-order chi connectivity index (χ0) is 25.2. The molecule has 1 atom stereocenters. The highest BCUT2D eigenvalue weighted by Gasteiger charge is 2.50. The molecular formula is C28H32N2O5. The lowest BCUT2D eigenvalue weighted by molar-refractivity contribution is -0.165. The van der Waals surface area contributed by atoms with Crippen molar-refractivity contribution in [3.8, 4) is 11.1 Å². The second-order valence-electron chi connectivity index (χ2n) is 9.85. The average Bonchev–Trinajstić information content (AvgIpc) is 3.12. The summed E-state index contributed by atoms with van der Waals surface area (Å²) in [7, 11) is 0. The Morgan fingerprint density at radius 1 is 1.11 bits per heavy atom.